The molecule has 5 rings (SSSR count). The lowest BCUT2D eigenvalue weighted by molar-refractivity contribution is -0.121. The van der Waals surface area contributed by atoms with Crippen LogP contribution in [0.4, 0.5) is 0 Å². The standard InChI is InChI=1S/C28H25N3O3S/c1-19-11-13-21(14-12-19)17-29-24(32)18-31-25-22-9-5-6-10-23(22)35-26(25)27(33)30(28(31)34)16-15-20-7-3-2-4-8-20/h2-14H,15-18H2,1H3,(H,29,32). The van der Waals surface area contributed by atoms with Gasteiger partial charge < -0.3 is 5.32 Å². The molecule has 0 spiro atoms. The zero-order chi connectivity index (χ0) is 24.4. The third kappa shape index (κ3) is 4.68. The lowest BCUT2D eigenvalue weighted by atomic mass is 10.1. The zero-order valence-corrected chi connectivity index (χ0v) is 20.2. The first kappa shape index (κ1) is 22.8. The molecule has 0 aliphatic heterocycles. The Bertz CT molecular complexity index is 1630. The van der Waals surface area contributed by atoms with Crippen LogP contribution in [0.25, 0.3) is 20.3 Å². The topological polar surface area (TPSA) is 73.1 Å². The van der Waals surface area contributed by atoms with Crippen LogP contribution in [-0.4, -0.2) is 15.0 Å². The van der Waals surface area contributed by atoms with E-state index in [0.29, 0.717) is 23.2 Å². The molecule has 0 atom stereocenters. The zero-order valence-electron chi connectivity index (χ0n) is 19.4. The van der Waals surface area contributed by atoms with E-state index < -0.39 is 5.69 Å². The van der Waals surface area contributed by atoms with Gasteiger partial charge in [-0.15, -0.1) is 11.3 Å². The van der Waals surface area contributed by atoms with Gasteiger partial charge in [0.2, 0.25) is 5.91 Å². The van der Waals surface area contributed by atoms with Gasteiger partial charge in [0.15, 0.2) is 0 Å². The Hall–Kier alpha value is -3.97. The highest BCUT2D eigenvalue weighted by atomic mass is 32.1. The van der Waals surface area contributed by atoms with Gasteiger partial charge in [0.1, 0.15) is 11.2 Å². The summed E-state index contributed by atoms with van der Waals surface area (Å²) >= 11 is 1.36. The number of aryl methyl sites for hydroxylation is 2. The Morgan fingerprint density at radius 1 is 0.857 bits per heavy atom. The van der Waals surface area contributed by atoms with Crippen molar-refractivity contribution in [3.63, 3.8) is 0 Å². The third-order valence-corrected chi connectivity index (χ3v) is 7.27. The van der Waals surface area contributed by atoms with E-state index in [4.69, 9.17) is 0 Å². The highest BCUT2D eigenvalue weighted by Gasteiger charge is 2.19. The lowest BCUT2D eigenvalue weighted by Gasteiger charge is -2.13. The fraction of sp³-hybridized carbons (Fsp3) is 0.179. The number of thiophene rings is 1. The summed E-state index contributed by atoms with van der Waals surface area (Å²) in [6.07, 6.45) is 0.548. The molecule has 7 heteroatoms. The van der Waals surface area contributed by atoms with E-state index in [-0.39, 0.29) is 24.6 Å². The summed E-state index contributed by atoms with van der Waals surface area (Å²) in [6, 6.07) is 25.3. The monoisotopic (exact) mass is 483 g/mol. The maximum atomic E-state index is 13.6. The molecular formula is C28H25N3O3S. The first-order chi connectivity index (χ1) is 17.0. The third-order valence-electron chi connectivity index (χ3n) is 6.12. The van der Waals surface area contributed by atoms with Crippen LogP contribution in [0.15, 0.2) is 88.5 Å². The quantitative estimate of drug-likeness (QED) is 0.376. The van der Waals surface area contributed by atoms with Crippen molar-refractivity contribution < 1.29 is 4.79 Å². The molecule has 0 aliphatic carbocycles. The summed E-state index contributed by atoms with van der Waals surface area (Å²) in [7, 11) is 0. The molecule has 6 nitrogen and oxygen atoms in total. The average Bonchev–Trinajstić information content (AvgIpc) is 3.27. The Morgan fingerprint density at radius 2 is 1.57 bits per heavy atom. The van der Waals surface area contributed by atoms with Gasteiger partial charge in [0.05, 0.1) is 5.52 Å². The van der Waals surface area contributed by atoms with Gasteiger partial charge in [-0.2, -0.15) is 0 Å². The van der Waals surface area contributed by atoms with Crippen molar-refractivity contribution in [3.05, 3.63) is 116 Å². The van der Waals surface area contributed by atoms with Crippen LogP contribution in [0.5, 0.6) is 0 Å². The van der Waals surface area contributed by atoms with Gasteiger partial charge in [-0.1, -0.05) is 78.4 Å². The minimum absolute atomic E-state index is 0.159. The van der Waals surface area contributed by atoms with Gasteiger partial charge in [0.25, 0.3) is 5.56 Å². The number of carbonyl (C=O) groups excluding carboxylic acids is 1. The first-order valence-corrected chi connectivity index (χ1v) is 12.3. The fourth-order valence-electron chi connectivity index (χ4n) is 4.23. The SMILES string of the molecule is Cc1ccc(CNC(=O)Cn2c(=O)n(CCc3ccccc3)c(=O)c3sc4ccccc4c32)cc1. The number of rotatable bonds is 7. The molecule has 0 bridgehead atoms. The van der Waals surface area contributed by atoms with Crippen molar-refractivity contribution in [1.29, 1.82) is 0 Å². The van der Waals surface area contributed by atoms with Gasteiger partial charge in [-0.05, 0) is 30.5 Å². The summed E-state index contributed by atoms with van der Waals surface area (Å²) in [6.45, 7) is 2.47. The van der Waals surface area contributed by atoms with E-state index in [1.807, 2.05) is 85.8 Å². The van der Waals surface area contributed by atoms with Gasteiger partial charge in [-0.3, -0.25) is 18.7 Å². The Labute approximate surface area is 206 Å². The molecule has 0 fully saturated rings. The van der Waals surface area contributed by atoms with Crippen molar-refractivity contribution in [2.75, 3.05) is 0 Å². The first-order valence-electron chi connectivity index (χ1n) is 11.5. The molecule has 2 heterocycles. The number of nitrogens with one attached hydrogen (secondary N) is 1. The summed E-state index contributed by atoms with van der Waals surface area (Å²) < 4.78 is 4.11. The predicted molar refractivity (Wildman–Crippen MR) is 141 cm³/mol. The number of hydrogen-bond donors (Lipinski definition) is 1. The van der Waals surface area contributed by atoms with Crippen molar-refractivity contribution in [3.8, 4) is 0 Å². The van der Waals surface area contributed by atoms with Crippen molar-refractivity contribution in [2.24, 2.45) is 0 Å². The largest absolute Gasteiger partial charge is 0.350 e. The van der Waals surface area contributed by atoms with E-state index in [1.54, 1.807) is 0 Å². The minimum atomic E-state index is -0.465. The second-order valence-corrected chi connectivity index (χ2v) is 9.65. The van der Waals surface area contributed by atoms with E-state index in [0.717, 1.165) is 26.8 Å². The number of nitrogens with zero attached hydrogens (tertiary/aromatic N) is 2. The fourth-order valence-corrected chi connectivity index (χ4v) is 5.39. The van der Waals surface area contributed by atoms with Crippen molar-refractivity contribution in [1.82, 2.24) is 14.5 Å². The molecule has 0 saturated heterocycles. The van der Waals surface area contributed by atoms with E-state index >= 15 is 0 Å². The Kier molecular flexibility index (Phi) is 6.33. The normalized spacial score (nSPS) is 11.2. The maximum absolute atomic E-state index is 13.6. The second kappa shape index (κ2) is 9.72. The van der Waals surface area contributed by atoms with Gasteiger partial charge in [-0.25, -0.2) is 4.79 Å². The molecule has 3 aromatic carbocycles. The number of fused-ring (bicyclic) bond motifs is 3. The number of hydrogen-bond acceptors (Lipinski definition) is 4. The van der Waals surface area contributed by atoms with Crippen LogP contribution in [-0.2, 0) is 30.8 Å². The number of benzene rings is 3. The van der Waals surface area contributed by atoms with Crippen LogP contribution in [0.3, 0.4) is 0 Å². The molecule has 35 heavy (non-hydrogen) atoms. The molecule has 0 unspecified atom stereocenters. The molecule has 1 N–H and O–H groups in total. The highest BCUT2D eigenvalue weighted by Crippen LogP contribution is 2.30. The van der Waals surface area contributed by atoms with Crippen molar-refractivity contribution in [2.45, 2.75) is 33.0 Å². The molecule has 0 saturated carbocycles. The Balaban J connectivity index is 1.52. The van der Waals surface area contributed by atoms with Gasteiger partial charge in [0, 0.05) is 23.2 Å². The van der Waals surface area contributed by atoms with E-state index in [1.165, 1.54) is 20.5 Å². The van der Waals surface area contributed by atoms with Crippen LogP contribution in [0.1, 0.15) is 16.7 Å². The summed E-state index contributed by atoms with van der Waals surface area (Å²) in [5.74, 6) is -0.280. The molecule has 5 aromatic rings. The second-order valence-electron chi connectivity index (χ2n) is 8.60. The predicted octanol–water partition coefficient (Wildman–Crippen LogP) is 4.25. The number of amides is 1. The smallest absolute Gasteiger partial charge is 0.332 e. The summed E-state index contributed by atoms with van der Waals surface area (Å²) in [5.41, 5.74) is 2.93. The molecular weight excluding hydrogens is 458 g/mol. The average molecular weight is 484 g/mol. The highest BCUT2D eigenvalue weighted by molar-refractivity contribution is 7.25. The summed E-state index contributed by atoms with van der Waals surface area (Å²) in [5, 5.41) is 3.72. The molecule has 1 amide bonds. The molecule has 2 aromatic heterocycles. The van der Waals surface area contributed by atoms with Gasteiger partial charge >= 0.3 is 5.69 Å². The molecule has 176 valence electrons. The lowest BCUT2D eigenvalue weighted by Crippen LogP contribution is -2.42. The van der Waals surface area contributed by atoms with Crippen LogP contribution in [0.2, 0.25) is 0 Å². The van der Waals surface area contributed by atoms with E-state index in [9.17, 15) is 14.4 Å². The summed E-state index contributed by atoms with van der Waals surface area (Å²) in [4.78, 5) is 39.9. The van der Waals surface area contributed by atoms with E-state index in [2.05, 4.69) is 5.32 Å². The molecule has 0 radical (unpaired) electrons. The van der Waals surface area contributed by atoms with Crippen molar-refractivity contribution >= 4 is 37.5 Å². The number of carbonyl (C=O) groups is 1. The van der Waals surface area contributed by atoms with Crippen LogP contribution >= 0.6 is 11.3 Å². The Morgan fingerprint density at radius 3 is 2.34 bits per heavy atom. The molecule has 0 aliphatic rings. The minimum Gasteiger partial charge on any atom is -0.350 e. The van der Waals surface area contributed by atoms with Crippen LogP contribution in [0, 0.1) is 6.92 Å². The van der Waals surface area contributed by atoms with Crippen LogP contribution < -0.4 is 16.6 Å². The maximum Gasteiger partial charge on any atom is 0.332 e. The number of aromatic nitrogens is 2.